The van der Waals surface area contributed by atoms with Gasteiger partial charge in [0.15, 0.2) is 0 Å². The lowest BCUT2D eigenvalue weighted by molar-refractivity contribution is -0.595. The van der Waals surface area contributed by atoms with Crippen LogP contribution in [0.15, 0.2) is 53.1 Å². The highest BCUT2D eigenvalue weighted by molar-refractivity contribution is 14.2. The van der Waals surface area contributed by atoms with E-state index in [4.69, 9.17) is 0 Å². The first-order valence-electron chi connectivity index (χ1n) is 3.73. The molecule has 2 N–H and O–H groups in total. The lowest BCUT2D eigenvalue weighted by Crippen LogP contribution is -3.00. The minimum atomic E-state index is 0. The Labute approximate surface area is 115 Å². The third kappa shape index (κ3) is 6.80. The maximum absolute atomic E-state index is 3.47. The lowest BCUT2D eigenvalue weighted by Gasteiger charge is -1.88. The summed E-state index contributed by atoms with van der Waals surface area (Å²) in [5.74, 6) is 0. The van der Waals surface area contributed by atoms with E-state index in [0.717, 1.165) is 6.22 Å². The van der Waals surface area contributed by atoms with E-state index >= 15 is 0 Å². The first kappa shape index (κ1) is 14.4. The van der Waals surface area contributed by atoms with Crippen molar-refractivity contribution in [2.75, 3.05) is 0 Å². The Morgan fingerprint density at radius 2 is 1.93 bits per heavy atom. The highest BCUT2D eigenvalue weighted by Crippen LogP contribution is 2.18. The van der Waals surface area contributed by atoms with Gasteiger partial charge in [0, 0.05) is 5.22 Å². The standard InChI is InChI=1S/C6H6IP.C2H3N3.HI/c7-8-6-4-2-1-3-5-6;1-2-4-5-3-1;/h1-5,8H;1-2H,(H,3,4,5);1H. The van der Waals surface area contributed by atoms with Crippen LogP contribution in [0.4, 0.5) is 0 Å². The molecule has 76 valence electrons. The monoisotopic (exact) mass is 433 g/mol. The second-order valence-corrected chi connectivity index (χ2v) is 4.57. The number of rotatable bonds is 1. The van der Waals surface area contributed by atoms with Gasteiger partial charge in [0.25, 0.3) is 0 Å². The van der Waals surface area contributed by atoms with Gasteiger partial charge in [-0.15, -0.1) is 5.11 Å². The van der Waals surface area contributed by atoms with E-state index < -0.39 is 0 Å². The number of nitrogens with two attached hydrogens (primary N) is 1. The van der Waals surface area contributed by atoms with Crippen LogP contribution in [-0.2, 0) is 0 Å². The van der Waals surface area contributed by atoms with Gasteiger partial charge in [0.05, 0.1) is 0 Å². The summed E-state index contributed by atoms with van der Waals surface area (Å²) < 4.78 is 0. The fourth-order valence-corrected chi connectivity index (χ4v) is 2.09. The first-order chi connectivity index (χ1) is 6.43. The van der Waals surface area contributed by atoms with E-state index in [1.165, 1.54) is 5.30 Å². The quantitative estimate of drug-likeness (QED) is 0.327. The molecule has 0 amide bonds. The third-order valence-corrected chi connectivity index (χ3v) is 3.68. The van der Waals surface area contributed by atoms with E-state index in [1.807, 2.05) is 6.07 Å². The van der Waals surface area contributed by atoms with Crippen molar-refractivity contribution in [3.05, 3.63) is 42.7 Å². The van der Waals surface area contributed by atoms with Gasteiger partial charge in [-0.1, -0.05) is 52.4 Å². The highest BCUT2D eigenvalue weighted by Gasteiger charge is 1.81. The molecule has 1 aliphatic rings. The maximum Gasteiger partial charge on any atom is 0.141 e. The molecule has 1 aromatic rings. The summed E-state index contributed by atoms with van der Waals surface area (Å²) in [5, 5.41) is 8.37. The van der Waals surface area contributed by atoms with Gasteiger partial charge in [-0.05, 0) is 11.5 Å². The predicted molar refractivity (Wildman–Crippen MR) is 64.3 cm³/mol. The molecule has 0 fully saturated rings. The fraction of sp³-hybridized carbons (Fsp3) is 0. The summed E-state index contributed by atoms with van der Waals surface area (Å²) in [6, 6.07) is 10.5. The SMILES string of the molecule is C1=C[NH2+]N=N1.IPc1ccccc1.[I-]. The molecule has 14 heavy (non-hydrogen) atoms. The molecule has 1 heterocycles. The molecule has 1 aliphatic heterocycles. The molecule has 1 aromatic carbocycles. The summed E-state index contributed by atoms with van der Waals surface area (Å²) in [6.45, 7) is 0. The van der Waals surface area contributed by atoms with Crippen molar-refractivity contribution >= 4 is 33.6 Å². The smallest absolute Gasteiger partial charge is 0.141 e. The zero-order valence-corrected chi connectivity index (χ0v) is 12.6. The molecule has 2 rings (SSSR count). The molecule has 0 radical (unpaired) electrons. The molecule has 0 saturated carbocycles. The van der Waals surface area contributed by atoms with Gasteiger partial charge in [-0.2, -0.15) is 5.43 Å². The molecule has 0 saturated heterocycles. The van der Waals surface area contributed by atoms with Crippen LogP contribution in [0, 0.1) is 0 Å². The van der Waals surface area contributed by atoms with Gasteiger partial charge < -0.3 is 24.0 Å². The molecule has 1 unspecified atom stereocenters. The second kappa shape index (κ2) is 9.95. The molecule has 0 aromatic heterocycles. The van der Waals surface area contributed by atoms with E-state index in [1.54, 1.807) is 17.8 Å². The lowest BCUT2D eigenvalue weighted by atomic mass is 10.4. The van der Waals surface area contributed by atoms with Crippen LogP contribution in [0.25, 0.3) is 0 Å². The van der Waals surface area contributed by atoms with Crippen LogP contribution in [-0.4, -0.2) is 0 Å². The second-order valence-electron chi connectivity index (χ2n) is 2.18. The topological polar surface area (TPSA) is 41.3 Å². The summed E-state index contributed by atoms with van der Waals surface area (Å²) >= 11 is 2.38. The van der Waals surface area contributed by atoms with Gasteiger partial charge >= 0.3 is 0 Å². The molecule has 0 spiro atoms. The Hall–Kier alpha value is 0.410. The van der Waals surface area contributed by atoms with Crippen LogP contribution in [0.5, 0.6) is 0 Å². The average Bonchev–Trinajstić information content (AvgIpc) is 2.77. The number of halogens is 2. The third-order valence-electron chi connectivity index (χ3n) is 1.26. The summed E-state index contributed by atoms with van der Waals surface area (Å²) in [4.78, 5) is 0. The number of nitrogens with zero attached hydrogens (tertiary/aromatic N) is 2. The highest BCUT2D eigenvalue weighted by atomic mass is 127. The minimum Gasteiger partial charge on any atom is -1.00 e. The van der Waals surface area contributed by atoms with E-state index in [0.29, 0.717) is 0 Å². The predicted octanol–water partition coefficient (Wildman–Crippen LogP) is -1.25. The molecule has 6 heteroatoms. The summed E-state index contributed by atoms with van der Waals surface area (Å²) in [7, 11) is 0. The van der Waals surface area contributed by atoms with Crippen LogP contribution < -0.4 is 34.7 Å². The van der Waals surface area contributed by atoms with Crippen LogP contribution in [0.3, 0.4) is 0 Å². The molecule has 0 bridgehead atoms. The molecule has 0 aliphatic carbocycles. The Bertz CT molecular complexity index is 280. The van der Waals surface area contributed by atoms with E-state index in [2.05, 4.69) is 56.6 Å². The van der Waals surface area contributed by atoms with Gasteiger partial charge in [0.1, 0.15) is 12.4 Å². The Morgan fingerprint density at radius 3 is 2.21 bits per heavy atom. The molecule has 3 nitrogen and oxygen atoms in total. The zero-order chi connectivity index (χ0) is 9.36. The summed E-state index contributed by atoms with van der Waals surface area (Å²) in [5.41, 5.74) is 1.64. The largest absolute Gasteiger partial charge is 1.00 e. The van der Waals surface area contributed by atoms with E-state index in [9.17, 15) is 0 Å². The summed E-state index contributed by atoms with van der Waals surface area (Å²) in [6.07, 6.45) is 4.32. The molecule has 1 atom stereocenters. The van der Waals surface area contributed by atoms with Gasteiger partial charge in [0.2, 0.25) is 0 Å². The van der Waals surface area contributed by atoms with Crippen molar-refractivity contribution < 1.29 is 29.4 Å². The maximum atomic E-state index is 3.47. The minimum absolute atomic E-state index is 0. The van der Waals surface area contributed by atoms with Crippen molar-refractivity contribution in [3.63, 3.8) is 0 Å². The molecular formula is C8H10I2N3P. The average molecular weight is 433 g/mol. The number of quaternary nitrogens is 1. The normalized spacial score (nSPS) is 12.4. The number of hydrogen-bond donors (Lipinski definition) is 1. The Morgan fingerprint density at radius 1 is 1.21 bits per heavy atom. The zero-order valence-electron chi connectivity index (χ0n) is 7.27. The first-order valence-corrected chi connectivity index (χ1v) is 7.85. The molecular weight excluding hydrogens is 423 g/mol. The van der Waals surface area contributed by atoms with Gasteiger partial charge in [-0.3, -0.25) is 0 Å². The number of benzene rings is 1. The van der Waals surface area contributed by atoms with Crippen LogP contribution in [0.1, 0.15) is 0 Å². The Balaban J connectivity index is 0.000000246. The van der Waals surface area contributed by atoms with Crippen molar-refractivity contribution in [1.82, 2.24) is 0 Å². The van der Waals surface area contributed by atoms with Crippen molar-refractivity contribution in [2.24, 2.45) is 10.3 Å². The van der Waals surface area contributed by atoms with E-state index in [-0.39, 0.29) is 24.0 Å². The van der Waals surface area contributed by atoms with Crippen LogP contribution >= 0.6 is 28.3 Å². The van der Waals surface area contributed by atoms with Crippen molar-refractivity contribution in [3.8, 4) is 0 Å². The van der Waals surface area contributed by atoms with Gasteiger partial charge in [-0.25, -0.2) is 0 Å². The van der Waals surface area contributed by atoms with Crippen molar-refractivity contribution in [1.29, 1.82) is 0 Å². The van der Waals surface area contributed by atoms with Crippen molar-refractivity contribution in [2.45, 2.75) is 0 Å². The Kier molecular flexibility index (Phi) is 10.2. The number of hydrogen-bond acceptors (Lipinski definition) is 2. The fourth-order valence-electron chi connectivity index (χ4n) is 0.694. The van der Waals surface area contributed by atoms with Crippen LogP contribution in [0.2, 0.25) is 0 Å².